The van der Waals surface area contributed by atoms with Crippen LogP contribution in [0, 0.1) is 11.8 Å². The second-order valence-corrected chi connectivity index (χ2v) is 4.63. The van der Waals surface area contributed by atoms with Crippen molar-refractivity contribution in [3.8, 4) is 0 Å². The first-order valence-electron chi connectivity index (χ1n) is 5.46. The first-order chi connectivity index (χ1) is 6.75. The zero-order valence-corrected chi connectivity index (χ0v) is 8.96. The molecule has 1 aliphatic carbocycles. The highest BCUT2D eigenvalue weighted by atomic mass is 15.0. The SMILES string of the molecule is CC(C)C1CC(NCc2cnc[nH]2)C1. The Kier molecular flexibility index (Phi) is 2.87. The molecule has 0 spiro atoms. The van der Waals surface area contributed by atoms with Gasteiger partial charge >= 0.3 is 0 Å². The molecule has 0 radical (unpaired) electrons. The average molecular weight is 193 g/mol. The summed E-state index contributed by atoms with van der Waals surface area (Å²) in [5.41, 5.74) is 1.18. The number of H-pyrrole nitrogens is 1. The summed E-state index contributed by atoms with van der Waals surface area (Å²) in [5, 5.41) is 3.54. The summed E-state index contributed by atoms with van der Waals surface area (Å²) < 4.78 is 0. The average Bonchev–Trinajstić information content (AvgIpc) is 2.52. The molecular formula is C11H19N3. The van der Waals surface area contributed by atoms with Gasteiger partial charge < -0.3 is 10.3 Å². The number of rotatable bonds is 4. The van der Waals surface area contributed by atoms with Gasteiger partial charge in [0.25, 0.3) is 0 Å². The molecule has 3 heteroatoms. The summed E-state index contributed by atoms with van der Waals surface area (Å²) in [6.45, 7) is 5.56. The molecule has 0 aliphatic heterocycles. The van der Waals surface area contributed by atoms with Crippen LogP contribution < -0.4 is 5.32 Å². The molecule has 1 fully saturated rings. The highest BCUT2D eigenvalue weighted by Gasteiger charge is 2.30. The number of aromatic amines is 1. The van der Waals surface area contributed by atoms with Crippen molar-refractivity contribution in [2.24, 2.45) is 11.8 Å². The van der Waals surface area contributed by atoms with E-state index in [9.17, 15) is 0 Å². The second kappa shape index (κ2) is 4.13. The van der Waals surface area contributed by atoms with Gasteiger partial charge in [0.05, 0.1) is 6.33 Å². The van der Waals surface area contributed by atoms with Gasteiger partial charge in [-0.25, -0.2) is 4.98 Å². The fourth-order valence-electron chi connectivity index (χ4n) is 2.01. The van der Waals surface area contributed by atoms with Crippen LogP contribution >= 0.6 is 0 Å². The number of hydrogen-bond donors (Lipinski definition) is 2. The van der Waals surface area contributed by atoms with Gasteiger partial charge in [-0.1, -0.05) is 13.8 Å². The second-order valence-electron chi connectivity index (χ2n) is 4.63. The van der Waals surface area contributed by atoms with Crippen LogP contribution in [0.5, 0.6) is 0 Å². The maximum atomic E-state index is 3.99. The largest absolute Gasteiger partial charge is 0.347 e. The molecule has 14 heavy (non-hydrogen) atoms. The Balaban J connectivity index is 1.65. The quantitative estimate of drug-likeness (QED) is 0.767. The molecule has 2 rings (SSSR count). The van der Waals surface area contributed by atoms with Crippen LogP contribution in [-0.4, -0.2) is 16.0 Å². The molecule has 1 saturated carbocycles. The molecule has 0 saturated heterocycles. The molecule has 0 unspecified atom stereocenters. The van der Waals surface area contributed by atoms with Crippen molar-refractivity contribution in [2.75, 3.05) is 0 Å². The third kappa shape index (κ3) is 2.15. The van der Waals surface area contributed by atoms with E-state index in [1.54, 1.807) is 6.33 Å². The molecule has 1 heterocycles. The highest BCUT2D eigenvalue weighted by Crippen LogP contribution is 2.33. The summed E-state index contributed by atoms with van der Waals surface area (Å²) in [6.07, 6.45) is 6.29. The fraction of sp³-hybridized carbons (Fsp3) is 0.727. The molecule has 78 valence electrons. The normalized spacial score (nSPS) is 26.5. The molecule has 0 atom stereocenters. The predicted octanol–water partition coefficient (Wildman–Crippen LogP) is 1.93. The Labute approximate surface area is 85.3 Å². The van der Waals surface area contributed by atoms with Gasteiger partial charge in [0.2, 0.25) is 0 Å². The van der Waals surface area contributed by atoms with Gasteiger partial charge in [-0.15, -0.1) is 0 Å². The molecule has 1 aliphatic rings. The van der Waals surface area contributed by atoms with Gasteiger partial charge in [0.1, 0.15) is 0 Å². The molecule has 1 aromatic rings. The molecule has 3 nitrogen and oxygen atoms in total. The molecular weight excluding hydrogens is 174 g/mol. The van der Waals surface area contributed by atoms with Crippen molar-refractivity contribution in [1.29, 1.82) is 0 Å². The van der Waals surface area contributed by atoms with Crippen LogP contribution in [0.3, 0.4) is 0 Å². The van der Waals surface area contributed by atoms with E-state index < -0.39 is 0 Å². The first-order valence-corrected chi connectivity index (χ1v) is 5.46. The third-order valence-electron chi connectivity index (χ3n) is 3.25. The standard InChI is InChI=1S/C11H19N3/c1-8(2)9-3-10(4-9)13-6-11-5-12-7-14-11/h5,7-10,13H,3-4,6H2,1-2H3,(H,12,14). The van der Waals surface area contributed by atoms with Crippen LogP contribution in [0.4, 0.5) is 0 Å². The van der Waals surface area contributed by atoms with E-state index in [4.69, 9.17) is 0 Å². The van der Waals surface area contributed by atoms with Crippen LogP contribution in [0.1, 0.15) is 32.4 Å². The molecule has 2 N–H and O–H groups in total. The van der Waals surface area contributed by atoms with Gasteiger partial charge in [-0.05, 0) is 24.7 Å². The summed E-state index contributed by atoms with van der Waals surface area (Å²) in [5.74, 6) is 1.79. The number of nitrogens with one attached hydrogen (secondary N) is 2. The summed E-state index contributed by atoms with van der Waals surface area (Å²) >= 11 is 0. The number of nitrogens with zero attached hydrogens (tertiary/aromatic N) is 1. The van der Waals surface area contributed by atoms with Crippen molar-refractivity contribution < 1.29 is 0 Å². The van der Waals surface area contributed by atoms with Crippen molar-refractivity contribution in [3.63, 3.8) is 0 Å². The van der Waals surface area contributed by atoms with E-state index in [1.807, 2.05) is 6.20 Å². The van der Waals surface area contributed by atoms with E-state index in [2.05, 4.69) is 29.1 Å². The van der Waals surface area contributed by atoms with E-state index in [0.29, 0.717) is 0 Å². The lowest BCUT2D eigenvalue weighted by Crippen LogP contribution is -2.42. The van der Waals surface area contributed by atoms with Gasteiger partial charge in [0.15, 0.2) is 0 Å². The minimum absolute atomic E-state index is 0.727. The maximum absolute atomic E-state index is 3.99. The van der Waals surface area contributed by atoms with Crippen LogP contribution in [0.15, 0.2) is 12.5 Å². The van der Waals surface area contributed by atoms with Gasteiger partial charge in [-0.2, -0.15) is 0 Å². The Hall–Kier alpha value is -0.830. The predicted molar refractivity (Wildman–Crippen MR) is 56.8 cm³/mol. The number of hydrogen-bond acceptors (Lipinski definition) is 2. The Morgan fingerprint density at radius 1 is 1.57 bits per heavy atom. The minimum atomic E-state index is 0.727. The van der Waals surface area contributed by atoms with E-state index >= 15 is 0 Å². The first kappa shape index (κ1) is 9.71. The van der Waals surface area contributed by atoms with Crippen LogP contribution in [-0.2, 0) is 6.54 Å². The Bertz CT molecular complexity index is 260. The molecule has 0 aromatic carbocycles. The lowest BCUT2D eigenvalue weighted by atomic mass is 9.74. The zero-order valence-electron chi connectivity index (χ0n) is 8.96. The molecule has 0 bridgehead atoms. The smallest absolute Gasteiger partial charge is 0.0922 e. The van der Waals surface area contributed by atoms with Crippen molar-refractivity contribution in [1.82, 2.24) is 15.3 Å². The van der Waals surface area contributed by atoms with Crippen molar-refractivity contribution in [3.05, 3.63) is 18.2 Å². The zero-order chi connectivity index (χ0) is 9.97. The van der Waals surface area contributed by atoms with Gasteiger partial charge in [0, 0.05) is 24.5 Å². The molecule has 0 amide bonds. The summed E-state index contributed by atoms with van der Waals surface area (Å²) in [6, 6.07) is 0.727. The Morgan fingerprint density at radius 3 is 2.93 bits per heavy atom. The lowest BCUT2D eigenvalue weighted by Gasteiger charge is -2.38. The minimum Gasteiger partial charge on any atom is -0.347 e. The summed E-state index contributed by atoms with van der Waals surface area (Å²) in [4.78, 5) is 7.09. The monoisotopic (exact) mass is 193 g/mol. The van der Waals surface area contributed by atoms with Crippen molar-refractivity contribution >= 4 is 0 Å². The summed E-state index contributed by atoms with van der Waals surface area (Å²) in [7, 11) is 0. The highest BCUT2D eigenvalue weighted by molar-refractivity contribution is 4.95. The molecule has 1 aromatic heterocycles. The lowest BCUT2D eigenvalue weighted by molar-refractivity contribution is 0.167. The van der Waals surface area contributed by atoms with E-state index in [1.165, 1.54) is 18.5 Å². The number of imidazole rings is 1. The third-order valence-corrected chi connectivity index (χ3v) is 3.25. The maximum Gasteiger partial charge on any atom is 0.0922 e. The van der Waals surface area contributed by atoms with Gasteiger partial charge in [-0.3, -0.25) is 0 Å². The van der Waals surface area contributed by atoms with Crippen LogP contribution in [0.25, 0.3) is 0 Å². The topological polar surface area (TPSA) is 40.7 Å². The number of aromatic nitrogens is 2. The Morgan fingerprint density at radius 2 is 2.36 bits per heavy atom. The van der Waals surface area contributed by atoms with E-state index in [-0.39, 0.29) is 0 Å². The van der Waals surface area contributed by atoms with E-state index in [0.717, 1.165) is 24.4 Å². The van der Waals surface area contributed by atoms with Crippen molar-refractivity contribution in [2.45, 2.75) is 39.3 Å². The van der Waals surface area contributed by atoms with Crippen LogP contribution in [0.2, 0.25) is 0 Å². The fourth-order valence-corrected chi connectivity index (χ4v) is 2.01.